The molecule has 0 fully saturated rings. The molecule has 0 radical (unpaired) electrons. The topological polar surface area (TPSA) is 104 Å². The molecule has 0 N–H and O–H groups in total. The maximum Gasteiger partial charge on any atom is 0.336 e. The van der Waals surface area contributed by atoms with Gasteiger partial charge in [0, 0.05) is 17.3 Å². The van der Waals surface area contributed by atoms with E-state index in [1.54, 1.807) is 59.7 Å². The van der Waals surface area contributed by atoms with E-state index >= 15 is 0 Å². The third kappa shape index (κ3) is 4.06. The van der Waals surface area contributed by atoms with E-state index in [1.165, 1.54) is 0 Å². The van der Waals surface area contributed by atoms with Crippen LogP contribution in [-0.2, 0) is 19.1 Å². The van der Waals surface area contributed by atoms with Crippen molar-refractivity contribution in [2.45, 2.75) is 59.7 Å². The first-order valence-corrected chi connectivity index (χ1v) is 9.59. The summed E-state index contributed by atoms with van der Waals surface area (Å²) >= 11 is 0. The van der Waals surface area contributed by atoms with Gasteiger partial charge in [-0.2, -0.15) is 0 Å². The van der Waals surface area contributed by atoms with E-state index in [2.05, 4.69) is 15.3 Å². The van der Waals surface area contributed by atoms with Crippen molar-refractivity contribution in [1.82, 2.24) is 10.3 Å². The molecule has 0 saturated carbocycles. The summed E-state index contributed by atoms with van der Waals surface area (Å²) in [6.07, 6.45) is -0.625. The maximum absolute atomic E-state index is 13.0. The Labute approximate surface area is 168 Å². The summed E-state index contributed by atoms with van der Waals surface area (Å²) in [5.41, 5.74) is 3.03. The van der Waals surface area contributed by atoms with Crippen molar-refractivity contribution < 1.29 is 23.7 Å². The van der Waals surface area contributed by atoms with Crippen LogP contribution in [-0.4, -0.2) is 40.2 Å². The molecule has 0 amide bonds. The van der Waals surface area contributed by atoms with E-state index in [9.17, 15) is 9.59 Å². The minimum absolute atomic E-state index is 0.307. The Hall–Kier alpha value is -3.03. The average Bonchev–Trinajstić information content (AvgIpc) is 3.08. The molecule has 3 rings (SSSR count). The molecule has 1 aliphatic rings. The summed E-state index contributed by atoms with van der Waals surface area (Å²) in [7, 11) is 0. The van der Waals surface area contributed by atoms with Crippen LogP contribution in [0, 0.1) is 5.92 Å². The van der Waals surface area contributed by atoms with E-state index < -0.39 is 23.8 Å². The molecule has 2 heterocycles. The fourth-order valence-electron chi connectivity index (χ4n) is 3.60. The number of ether oxygens (including phenoxy) is 2. The number of carbonyl (C=O) groups excluding carboxylic acids is 2. The van der Waals surface area contributed by atoms with Crippen LogP contribution in [0.5, 0.6) is 0 Å². The van der Waals surface area contributed by atoms with Crippen molar-refractivity contribution >= 4 is 28.7 Å². The van der Waals surface area contributed by atoms with Crippen molar-refractivity contribution in [2.24, 2.45) is 10.9 Å². The highest BCUT2D eigenvalue weighted by molar-refractivity contribution is 6.07. The molecule has 2 aromatic rings. The highest BCUT2D eigenvalue weighted by atomic mass is 16.6. The minimum Gasteiger partial charge on any atom is -0.462 e. The largest absolute Gasteiger partial charge is 0.462 e. The van der Waals surface area contributed by atoms with Crippen LogP contribution in [0.4, 0.5) is 0 Å². The molecule has 1 aromatic heterocycles. The molecule has 8 nitrogen and oxygen atoms in total. The minimum atomic E-state index is -0.793. The lowest BCUT2D eigenvalue weighted by Gasteiger charge is -2.32. The van der Waals surface area contributed by atoms with Gasteiger partial charge in [-0.15, -0.1) is 0 Å². The van der Waals surface area contributed by atoms with Crippen LogP contribution in [0.25, 0.3) is 11.0 Å². The Bertz CT molecular complexity index is 1000. The number of rotatable bonds is 5. The lowest BCUT2D eigenvalue weighted by molar-refractivity contribution is -0.150. The molecule has 0 aliphatic carbocycles. The third-order valence-electron chi connectivity index (χ3n) is 4.65. The number of hydrogen-bond donors (Lipinski definition) is 0. The number of esters is 2. The smallest absolute Gasteiger partial charge is 0.336 e. The van der Waals surface area contributed by atoms with Crippen LogP contribution in [0.3, 0.4) is 0 Å². The molecule has 8 heteroatoms. The van der Waals surface area contributed by atoms with E-state index in [4.69, 9.17) is 14.1 Å². The zero-order valence-corrected chi connectivity index (χ0v) is 17.4. The fourth-order valence-corrected chi connectivity index (χ4v) is 3.60. The maximum atomic E-state index is 13.0. The van der Waals surface area contributed by atoms with Crippen molar-refractivity contribution in [3.8, 4) is 0 Å². The van der Waals surface area contributed by atoms with Crippen molar-refractivity contribution in [2.75, 3.05) is 0 Å². The van der Waals surface area contributed by atoms with Gasteiger partial charge in [-0.3, -0.25) is 9.79 Å². The van der Waals surface area contributed by atoms with Crippen LogP contribution < -0.4 is 0 Å². The van der Waals surface area contributed by atoms with Crippen LogP contribution >= 0.6 is 0 Å². The van der Waals surface area contributed by atoms with Gasteiger partial charge in [0.15, 0.2) is 0 Å². The number of benzene rings is 1. The van der Waals surface area contributed by atoms with E-state index in [-0.39, 0.29) is 12.2 Å². The van der Waals surface area contributed by atoms with Crippen LogP contribution in [0.2, 0.25) is 0 Å². The van der Waals surface area contributed by atoms with Gasteiger partial charge in [0.05, 0.1) is 17.8 Å². The summed E-state index contributed by atoms with van der Waals surface area (Å²) in [6, 6.07) is 5.35. The normalized spacial score (nSPS) is 19.7. The number of hydrogen-bond acceptors (Lipinski definition) is 8. The van der Waals surface area contributed by atoms with E-state index in [1.807, 2.05) is 0 Å². The lowest BCUT2D eigenvalue weighted by Crippen LogP contribution is -2.37. The quantitative estimate of drug-likeness (QED) is 0.708. The van der Waals surface area contributed by atoms with Gasteiger partial charge in [-0.1, -0.05) is 12.1 Å². The Balaban J connectivity index is 2.22. The number of allylic oxidation sites excluding steroid dienone is 1. The molecule has 1 aromatic carbocycles. The van der Waals surface area contributed by atoms with Gasteiger partial charge >= 0.3 is 11.9 Å². The monoisotopic (exact) mass is 399 g/mol. The Morgan fingerprint density at radius 2 is 1.72 bits per heavy atom. The lowest BCUT2D eigenvalue weighted by atomic mass is 9.75. The Kier molecular flexibility index (Phi) is 5.81. The van der Waals surface area contributed by atoms with Crippen LogP contribution in [0.15, 0.2) is 39.1 Å². The SMILES string of the molecule is CC1=NC(C)=C(C(=O)OC(C)C)C(c2cccc3nonc23)C1C(=O)OC(C)C. The number of carbonyl (C=O) groups is 2. The number of nitrogens with zero attached hydrogens (tertiary/aromatic N) is 3. The molecule has 154 valence electrons. The van der Waals surface area contributed by atoms with Gasteiger partial charge in [-0.05, 0) is 63.5 Å². The summed E-state index contributed by atoms with van der Waals surface area (Å²) in [4.78, 5) is 30.5. The Morgan fingerprint density at radius 3 is 2.38 bits per heavy atom. The van der Waals surface area contributed by atoms with Crippen molar-refractivity contribution in [3.05, 3.63) is 35.0 Å². The second-order valence-electron chi connectivity index (χ2n) is 7.63. The first kappa shape index (κ1) is 20.7. The summed E-state index contributed by atoms with van der Waals surface area (Å²) < 4.78 is 15.9. The molecular weight excluding hydrogens is 374 g/mol. The van der Waals surface area contributed by atoms with Gasteiger partial charge in [0.2, 0.25) is 0 Å². The predicted molar refractivity (Wildman–Crippen MR) is 106 cm³/mol. The average molecular weight is 399 g/mol. The van der Waals surface area contributed by atoms with Gasteiger partial charge in [-0.25, -0.2) is 9.42 Å². The fraction of sp³-hybridized carbons (Fsp3) is 0.476. The first-order valence-electron chi connectivity index (χ1n) is 9.59. The molecule has 0 saturated heterocycles. The summed E-state index contributed by atoms with van der Waals surface area (Å²) in [5, 5.41) is 7.88. The van der Waals surface area contributed by atoms with Crippen LogP contribution in [0.1, 0.15) is 53.0 Å². The highest BCUT2D eigenvalue weighted by Crippen LogP contribution is 2.42. The first-order chi connectivity index (χ1) is 13.7. The summed E-state index contributed by atoms with van der Waals surface area (Å²) in [5.74, 6) is -2.45. The van der Waals surface area contributed by atoms with Gasteiger partial charge in [0.25, 0.3) is 0 Å². The molecule has 0 bridgehead atoms. The van der Waals surface area contributed by atoms with Gasteiger partial charge in [0.1, 0.15) is 17.0 Å². The molecule has 2 unspecified atom stereocenters. The zero-order valence-electron chi connectivity index (χ0n) is 17.4. The third-order valence-corrected chi connectivity index (χ3v) is 4.65. The Morgan fingerprint density at radius 1 is 1.03 bits per heavy atom. The molecular formula is C21H25N3O5. The molecule has 2 atom stereocenters. The number of fused-ring (bicyclic) bond motifs is 1. The van der Waals surface area contributed by atoms with Crippen molar-refractivity contribution in [3.63, 3.8) is 0 Å². The van der Waals surface area contributed by atoms with E-state index in [0.717, 1.165) is 0 Å². The highest BCUT2D eigenvalue weighted by Gasteiger charge is 2.44. The summed E-state index contributed by atoms with van der Waals surface area (Å²) in [6.45, 7) is 10.6. The molecule has 29 heavy (non-hydrogen) atoms. The number of aliphatic imine (C=N–C) groups is 1. The van der Waals surface area contributed by atoms with E-state index in [0.29, 0.717) is 33.6 Å². The second-order valence-corrected chi connectivity index (χ2v) is 7.63. The molecule has 1 aliphatic heterocycles. The van der Waals surface area contributed by atoms with Gasteiger partial charge < -0.3 is 9.47 Å². The number of aromatic nitrogens is 2. The zero-order chi connectivity index (χ0) is 21.3. The predicted octanol–water partition coefficient (Wildman–Crippen LogP) is 3.57. The second kappa shape index (κ2) is 8.14. The molecule has 0 spiro atoms. The standard InChI is InChI=1S/C21H25N3O5/c1-10(2)27-20(25)16-12(5)22-13(6)17(21(26)28-11(3)4)18(16)14-8-7-9-15-19(14)24-29-23-15/h7-11,16,18H,1-6H3. The van der Waals surface area contributed by atoms with Crippen molar-refractivity contribution in [1.29, 1.82) is 0 Å².